The Morgan fingerprint density at radius 2 is 1.77 bits per heavy atom. The number of sulfone groups is 1. The third kappa shape index (κ3) is 5.92. The molecule has 0 aromatic carbocycles. The lowest BCUT2D eigenvalue weighted by atomic mass is 10.00. The second-order valence-electron chi connectivity index (χ2n) is 7.91. The quantitative estimate of drug-likeness (QED) is 0.646. The molecular weight excluding hydrogens is 358 g/mol. The molecule has 0 bridgehead atoms. The first-order valence-electron chi connectivity index (χ1n) is 9.26. The van der Waals surface area contributed by atoms with Crippen LogP contribution >= 0.6 is 0 Å². The second kappa shape index (κ2) is 8.67. The molecule has 2 saturated heterocycles. The predicted molar refractivity (Wildman–Crippen MR) is 97.9 cm³/mol. The van der Waals surface area contributed by atoms with E-state index >= 15 is 0 Å². The van der Waals surface area contributed by atoms with Gasteiger partial charge in [-0.15, -0.1) is 0 Å². The number of hydrogen-bond donors (Lipinski definition) is 2. The van der Waals surface area contributed by atoms with E-state index in [4.69, 9.17) is 4.74 Å². The van der Waals surface area contributed by atoms with Gasteiger partial charge in [0, 0.05) is 19.5 Å². The van der Waals surface area contributed by atoms with Gasteiger partial charge in [-0.1, -0.05) is 13.8 Å². The summed E-state index contributed by atoms with van der Waals surface area (Å²) in [5.41, 5.74) is 4.96. The van der Waals surface area contributed by atoms with E-state index in [2.05, 4.69) is 15.8 Å². The van der Waals surface area contributed by atoms with Crippen LogP contribution in [0.2, 0.25) is 0 Å². The molecule has 4 atom stereocenters. The Balaban J connectivity index is 1.86. The van der Waals surface area contributed by atoms with E-state index in [1.165, 1.54) is 0 Å². The molecule has 26 heavy (non-hydrogen) atoms. The Kier molecular flexibility index (Phi) is 7.04. The summed E-state index contributed by atoms with van der Waals surface area (Å²) < 4.78 is 28.7. The summed E-state index contributed by atoms with van der Waals surface area (Å²) in [6.07, 6.45) is 0.706. The molecule has 8 nitrogen and oxygen atoms in total. The summed E-state index contributed by atoms with van der Waals surface area (Å²) in [6.45, 7) is 9.23. The average Bonchev–Trinajstić information content (AvgIpc) is 2.82. The number of hydrazine groups is 1. The summed E-state index contributed by atoms with van der Waals surface area (Å²) in [4.78, 5) is 26.8. The Hall–Kier alpha value is -1.19. The number of ether oxygens (including phenoxy) is 1. The first-order chi connectivity index (χ1) is 12.1. The Bertz CT molecular complexity index is 612. The minimum Gasteiger partial charge on any atom is -0.373 e. The molecule has 0 saturated carbocycles. The van der Waals surface area contributed by atoms with Crippen molar-refractivity contribution in [3.63, 3.8) is 0 Å². The number of nitrogens with zero attached hydrogens (tertiary/aromatic N) is 1. The largest absolute Gasteiger partial charge is 0.373 e. The van der Waals surface area contributed by atoms with Crippen LogP contribution < -0.4 is 10.9 Å². The van der Waals surface area contributed by atoms with Gasteiger partial charge in [-0.25, -0.2) is 8.42 Å². The van der Waals surface area contributed by atoms with Gasteiger partial charge in [0.2, 0.25) is 5.91 Å². The molecule has 2 aliphatic rings. The van der Waals surface area contributed by atoms with Gasteiger partial charge < -0.3 is 4.74 Å². The summed E-state index contributed by atoms with van der Waals surface area (Å²) in [7, 11) is -3.01. The van der Waals surface area contributed by atoms with Crippen LogP contribution in [-0.4, -0.2) is 68.0 Å². The monoisotopic (exact) mass is 389 g/mol. The Labute approximate surface area is 155 Å². The van der Waals surface area contributed by atoms with E-state index in [1.54, 1.807) is 0 Å². The van der Waals surface area contributed by atoms with E-state index in [-0.39, 0.29) is 59.8 Å². The number of morpholine rings is 1. The fourth-order valence-electron chi connectivity index (χ4n) is 3.89. The van der Waals surface area contributed by atoms with Crippen molar-refractivity contribution in [1.82, 2.24) is 15.8 Å². The van der Waals surface area contributed by atoms with Gasteiger partial charge in [0.1, 0.15) is 0 Å². The van der Waals surface area contributed by atoms with Crippen LogP contribution in [0.5, 0.6) is 0 Å². The van der Waals surface area contributed by atoms with Gasteiger partial charge in [0.05, 0.1) is 29.8 Å². The number of amides is 2. The molecule has 2 heterocycles. The zero-order chi connectivity index (χ0) is 19.5. The molecule has 2 amide bonds. The minimum absolute atomic E-state index is 0.0479. The van der Waals surface area contributed by atoms with E-state index in [0.29, 0.717) is 19.5 Å². The summed E-state index contributed by atoms with van der Waals surface area (Å²) >= 11 is 0. The molecule has 4 unspecified atom stereocenters. The van der Waals surface area contributed by atoms with E-state index in [9.17, 15) is 18.0 Å². The molecule has 0 aromatic heterocycles. The van der Waals surface area contributed by atoms with E-state index in [0.717, 1.165) is 0 Å². The summed E-state index contributed by atoms with van der Waals surface area (Å²) in [6, 6.07) is -0.365. The third-order valence-corrected chi connectivity index (χ3v) is 6.70. The molecule has 0 aromatic rings. The van der Waals surface area contributed by atoms with Crippen molar-refractivity contribution in [2.75, 3.05) is 24.6 Å². The van der Waals surface area contributed by atoms with Crippen LogP contribution in [0.3, 0.4) is 0 Å². The summed E-state index contributed by atoms with van der Waals surface area (Å²) in [5, 5.41) is 0. The topological polar surface area (TPSA) is 105 Å². The number of rotatable bonds is 5. The maximum absolute atomic E-state index is 12.6. The van der Waals surface area contributed by atoms with Gasteiger partial charge in [-0.2, -0.15) is 0 Å². The van der Waals surface area contributed by atoms with Crippen molar-refractivity contribution in [3.05, 3.63) is 0 Å². The third-order valence-electron chi connectivity index (χ3n) is 4.87. The lowest BCUT2D eigenvalue weighted by molar-refractivity contribution is -0.139. The van der Waals surface area contributed by atoms with Crippen LogP contribution in [0.15, 0.2) is 0 Å². The lowest BCUT2D eigenvalue weighted by Crippen LogP contribution is -2.59. The standard InChI is InChI=1S/C17H31N3O5S/c1-11(2)16(20-8-12(3)25-13(4)9-20)17(22)19-18-15(21)7-14-5-6-26(23,24)10-14/h11-14,16H,5-10H2,1-4H3,(H,18,21)(H,19,22). The fourth-order valence-corrected chi connectivity index (χ4v) is 5.75. The van der Waals surface area contributed by atoms with Crippen LogP contribution in [0.25, 0.3) is 0 Å². The van der Waals surface area contributed by atoms with Crippen molar-refractivity contribution in [1.29, 1.82) is 0 Å². The highest BCUT2D eigenvalue weighted by molar-refractivity contribution is 7.91. The van der Waals surface area contributed by atoms with Gasteiger partial charge in [0.25, 0.3) is 5.91 Å². The maximum atomic E-state index is 12.6. The molecule has 0 spiro atoms. The molecule has 2 fully saturated rings. The summed E-state index contributed by atoms with van der Waals surface area (Å²) in [5.74, 6) is -0.518. The van der Waals surface area contributed by atoms with Crippen molar-refractivity contribution in [2.45, 2.75) is 58.8 Å². The highest BCUT2D eigenvalue weighted by Gasteiger charge is 2.34. The van der Waals surface area contributed by atoms with Crippen molar-refractivity contribution in [2.24, 2.45) is 11.8 Å². The van der Waals surface area contributed by atoms with Gasteiger partial charge in [-0.3, -0.25) is 25.3 Å². The number of carbonyl (C=O) groups is 2. The number of carbonyl (C=O) groups excluding carboxylic acids is 2. The predicted octanol–water partition coefficient (Wildman–Crippen LogP) is 0.0924. The normalized spacial score (nSPS) is 30.1. The molecule has 9 heteroatoms. The smallest absolute Gasteiger partial charge is 0.255 e. The zero-order valence-electron chi connectivity index (χ0n) is 16.0. The van der Waals surface area contributed by atoms with Gasteiger partial charge in [0.15, 0.2) is 9.84 Å². The van der Waals surface area contributed by atoms with Crippen LogP contribution in [0.4, 0.5) is 0 Å². The maximum Gasteiger partial charge on any atom is 0.255 e. The number of nitrogens with one attached hydrogen (secondary N) is 2. The fraction of sp³-hybridized carbons (Fsp3) is 0.882. The van der Waals surface area contributed by atoms with Crippen LogP contribution in [0, 0.1) is 11.8 Å². The molecule has 150 valence electrons. The molecular formula is C17H31N3O5S. The second-order valence-corrected chi connectivity index (χ2v) is 10.1. The van der Waals surface area contributed by atoms with Crippen LogP contribution in [-0.2, 0) is 24.2 Å². The Morgan fingerprint density at radius 3 is 2.27 bits per heavy atom. The van der Waals surface area contributed by atoms with E-state index < -0.39 is 9.84 Å². The van der Waals surface area contributed by atoms with Crippen molar-refractivity contribution in [3.8, 4) is 0 Å². The molecule has 2 N–H and O–H groups in total. The van der Waals surface area contributed by atoms with Crippen molar-refractivity contribution < 1.29 is 22.7 Å². The minimum atomic E-state index is -3.01. The first-order valence-corrected chi connectivity index (χ1v) is 11.1. The molecule has 0 radical (unpaired) electrons. The van der Waals surface area contributed by atoms with Gasteiger partial charge in [-0.05, 0) is 32.1 Å². The lowest BCUT2D eigenvalue weighted by Gasteiger charge is -2.40. The molecule has 2 aliphatic heterocycles. The first kappa shape index (κ1) is 21.1. The van der Waals surface area contributed by atoms with Gasteiger partial charge >= 0.3 is 0 Å². The molecule has 0 aliphatic carbocycles. The van der Waals surface area contributed by atoms with E-state index in [1.807, 2.05) is 27.7 Å². The molecule has 2 rings (SSSR count). The van der Waals surface area contributed by atoms with Crippen molar-refractivity contribution >= 4 is 21.7 Å². The Morgan fingerprint density at radius 1 is 1.15 bits per heavy atom. The average molecular weight is 390 g/mol. The van der Waals surface area contributed by atoms with Crippen LogP contribution in [0.1, 0.15) is 40.5 Å². The zero-order valence-corrected chi connectivity index (χ0v) is 16.8. The number of hydrogen-bond acceptors (Lipinski definition) is 6. The highest BCUT2D eigenvalue weighted by Crippen LogP contribution is 2.21. The SMILES string of the molecule is CC1CN(C(C(=O)NNC(=O)CC2CCS(=O)(=O)C2)C(C)C)CC(C)O1. The highest BCUT2D eigenvalue weighted by atomic mass is 32.2.